The zero-order chi connectivity index (χ0) is 7.66. The van der Waals surface area contributed by atoms with E-state index in [9.17, 15) is 0 Å². The second-order valence-corrected chi connectivity index (χ2v) is 2.01. The Hall–Kier alpha value is -0.0800. The van der Waals surface area contributed by atoms with Gasteiger partial charge in [0.05, 0.1) is 13.2 Å². The van der Waals surface area contributed by atoms with Crippen LogP contribution in [0.1, 0.15) is 20.3 Å². The molecule has 0 saturated heterocycles. The zero-order valence-electron chi connectivity index (χ0n) is 6.93. The van der Waals surface area contributed by atoms with Crippen LogP contribution in [-0.4, -0.2) is 26.4 Å². The summed E-state index contributed by atoms with van der Waals surface area (Å²) < 4.78 is 10.3. The van der Waals surface area contributed by atoms with Crippen molar-refractivity contribution < 1.29 is 9.47 Å². The maximum absolute atomic E-state index is 5.22. The highest BCUT2D eigenvalue weighted by molar-refractivity contribution is 4.52. The summed E-state index contributed by atoms with van der Waals surface area (Å²) in [5.41, 5.74) is 0. The normalized spacial score (nSPS) is 10.2. The third-order valence-corrected chi connectivity index (χ3v) is 1.13. The molecule has 0 aliphatic carbocycles. The van der Waals surface area contributed by atoms with E-state index in [1.54, 1.807) is 0 Å². The Balaban J connectivity index is 2.65. The van der Waals surface area contributed by atoms with Crippen molar-refractivity contribution >= 4 is 0 Å². The van der Waals surface area contributed by atoms with Gasteiger partial charge in [-0.3, -0.25) is 0 Å². The SMILES string of the molecule is C[CH]CCOCCOCC. The number of unbranched alkanes of at least 4 members (excludes halogenated alkanes) is 1. The molecular weight excluding hydrogens is 128 g/mol. The lowest BCUT2D eigenvalue weighted by Crippen LogP contribution is -2.04. The van der Waals surface area contributed by atoms with Crippen LogP contribution in [0.4, 0.5) is 0 Å². The average Bonchev–Trinajstić information content (AvgIpc) is 1.97. The first-order valence-electron chi connectivity index (χ1n) is 3.85. The van der Waals surface area contributed by atoms with Gasteiger partial charge >= 0.3 is 0 Å². The molecule has 2 heteroatoms. The van der Waals surface area contributed by atoms with E-state index in [2.05, 4.69) is 6.42 Å². The van der Waals surface area contributed by atoms with E-state index in [1.165, 1.54) is 0 Å². The molecule has 0 aliphatic heterocycles. The van der Waals surface area contributed by atoms with Crippen molar-refractivity contribution in [1.82, 2.24) is 0 Å². The van der Waals surface area contributed by atoms with Crippen molar-refractivity contribution in [3.05, 3.63) is 6.42 Å². The van der Waals surface area contributed by atoms with Gasteiger partial charge in [-0.15, -0.1) is 0 Å². The fraction of sp³-hybridized carbons (Fsp3) is 0.875. The van der Waals surface area contributed by atoms with E-state index in [-0.39, 0.29) is 0 Å². The number of rotatable bonds is 7. The molecule has 0 aliphatic rings. The minimum Gasteiger partial charge on any atom is -0.379 e. The molecule has 0 heterocycles. The topological polar surface area (TPSA) is 18.5 Å². The maximum Gasteiger partial charge on any atom is 0.0700 e. The largest absolute Gasteiger partial charge is 0.379 e. The van der Waals surface area contributed by atoms with Crippen molar-refractivity contribution in [3.8, 4) is 0 Å². The van der Waals surface area contributed by atoms with Crippen molar-refractivity contribution in [1.29, 1.82) is 0 Å². The van der Waals surface area contributed by atoms with E-state index < -0.39 is 0 Å². The minimum absolute atomic E-state index is 0.722. The average molecular weight is 145 g/mol. The predicted molar refractivity (Wildman–Crippen MR) is 41.9 cm³/mol. The van der Waals surface area contributed by atoms with Crippen LogP contribution in [0.15, 0.2) is 0 Å². The summed E-state index contributed by atoms with van der Waals surface area (Å²) in [6.45, 7) is 7.07. The van der Waals surface area contributed by atoms with Crippen LogP contribution >= 0.6 is 0 Å². The van der Waals surface area contributed by atoms with Gasteiger partial charge in [0.15, 0.2) is 0 Å². The first-order valence-corrected chi connectivity index (χ1v) is 3.85. The van der Waals surface area contributed by atoms with E-state index in [0.29, 0.717) is 0 Å². The van der Waals surface area contributed by atoms with E-state index in [4.69, 9.17) is 9.47 Å². The molecule has 0 atom stereocenters. The molecule has 0 bridgehead atoms. The zero-order valence-corrected chi connectivity index (χ0v) is 6.93. The highest BCUT2D eigenvalue weighted by Crippen LogP contribution is 1.86. The molecule has 1 radical (unpaired) electrons. The van der Waals surface area contributed by atoms with Crippen LogP contribution in [0.2, 0.25) is 0 Å². The number of ether oxygens (including phenoxy) is 2. The second kappa shape index (κ2) is 8.92. The molecule has 0 spiro atoms. The fourth-order valence-corrected chi connectivity index (χ4v) is 0.565. The minimum atomic E-state index is 0.722. The molecule has 0 aromatic carbocycles. The van der Waals surface area contributed by atoms with Crippen LogP contribution < -0.4 is 0 Å². The number of hydrogen-bond acceptors (Lipinski definition) is 2. The standard InChI is InChI=1S/C8H17O2/c1-3-5-6-10-8-7-9-4-2/h3H,4-8H2,1-2H3. The molecule has 61 valence electrons. The van der Waals surface area contributed by atoms with Crippen LogP contribution in [-0.2, 0) is 9.47 Å². The third kappa shape index (κ3) is 7.92. The second-order valence-electron chi connectivity index (χ2n) is 2.01. The molecule has 0 aromatic heterocycles. The summed E-state index contributed by atoms with van der Waals surface area (Å²) in [5, 5.41) is 0. The molecule has 0 rings (SSSR count). The monoisotopic (exact) mass is 145 g/mol. The van der Waals surface area contributed by atoms with Gasteiger partial charge in [0.2, 0.25) is 0 Å². The van der Waals surface area contributed by atoms with Crippen LogP contribution in [0.5, 0.6) is 0 Å². The summed E-state index contributed by atoms with van der Waals surface area (Å²) in [5.74, 6) is 0. The highest BCUT2D eigenvalue weighted by Gasteiger charge is 1.86. The lowest BCUT2D eigenvalue weighted by atomic mass is 10.4. The van der Waals surface area contributed by atoms with Gasteiger partial charge in [0.25, 0.3) is 0 Å². The molecule has 0 aromatic rings. The molecule has 0 unspecified atom stereocenters. The van der Waals surface area contributed by atoms with Gasteiger partial charge in [-0.05, 0) is 19.8 Å². The summed E-state index contributed by atoms with van der Waals surface area (Å²) >= 11 is 0. The summed E-state index contributed by atoms with van der Waals surface area (Å²) in [6.07, 6.45) is 3.13. The Morgan fingerprint density at radius 1 is 1.10 bits per heavy atom. The van der Waals surface area contributed by atoms with E-state index in [0.717, 1.165) is 32.8 Å². The van der Waals surface area contributed by atoms with E-state index >= 15 is 0 Å². The smallest absolute Gasteiger partial charge is 0.0700 e. The summed E-state index contributed by atoms with van der Waals surface area (Å²) in [7, 11) is 0. The quantitative estimate of drug-likeness (QED) is 0.507. The third-order valence-electron chi connectivity index (χ3n) is 1.13. The fourth-order valence-electron chi connectivity index (χ4n) is 0.565. The Kier molecular flexibility index (Phi) is 8.85. The maximum atomic E-state index is 5.22. The summed E-state index contributed by atoms with van der Waals surface area (Å²) in [6, 6.07) is 0. The lowest BCUT2D eigenvalue weighted by molar-refractivity contribution is 0.0539. The van der Waals surface area contributed by atoms with Crippen molar-refractivity contribution in [3.63, 3.8) is 0 Å². The van der Waals surface area contributed by atoms with Gasteiger partial charge in [-0.1, -0.05) is 6.92 Å². The van der Waals surface area contributed by atoms with Crippen LogP contribution in [0.3, 0.4) is 0 Å². The van der Waals surface area contributed by atoms with Gasteiger partial charge < -0.3 is 9.47 Å². The Morgan fingerprint density at radius 3 is 2.40 bits per heavy atom. The van der Waals surface area contributed by atoms with Gasteiger partial charge in [0.1, 0.15) is 0 Å². The lowest BCUT2D eigenvalue weighted by Gasteiger charge is -2.01. The van der Waals surface area contributed by atoms with Crippen LogP contribution in [0.25, 0.3) is 0 Å². The predicted octanol–water partition coefficient (Wildman–Crippen LogP) is 1.65. The first kappa shape index (κ1) is 9.92. The molecule has 0 amide bonds. The molecule has 0 N–H and O–H groups in total. The van der Waals surface area contributed by atoms with Crippen molar-refractivity contribution in [2.24, 2.45) is 0 Å². The number of hydrogen-bond donors (Lipinski definition) is 0. The first-order chi connectivity index (χ1) is 4.91. The molecule has 10 heavy (non-hydrogen) atoms. The molecule has 0 fully saturated rings. The molecular formula is C8H17O2. The van der Waals surface area contributed by atoms with Gasteiger partial charge in [-0.2, -0.15) is 0 Å². The van der Waals surface area contributed by atoms with Crippen molar-refractivity contribution in [2.45, 2.75) is 20.3 Å². The Morgan fingerprint density at radius 2 is 1.80 bits per heavy atom. The van der Waals surface area contributed by atoms with E-state index in [1.807, 2.05) is 13.8 Å². The van der Waals surface area contributed by atoms with Crippen LogP contribution in [0, 0.1) is 6.42 Å². The van der Waals surface area contributed by atoms with Gasteiger partial charge in [-0.25, -0.2) is 0 Å². The highest BCUT2D eigenvalue weighted by atomic mass is 16.5. The molecule has 2 nitrogen and oxygen atoms in total. The Labute approximate surface area is 63.5 Å². The summed E-state index contributed by atoms with van der Waals surface area (Å²) in [4.78, 5) is 0. The molecule has 0 saturated carbocycles. The van der Waals surface area contributed by atoms with Crippen molar-refractivity contribution in [2.75, 3.05) is 26.4 Å². The Bertz CT molecular complexity index is 47.2. The van der Waals surface area contributed by atoms with Gasteiger partial charge in [0, 0.05) is 13.2 Å².